The van der Waals surface area contributed by atoms with Gasteiger partial charge in [-0.25, -0.2) is 0 Å². The minimum atomic E-state index is -0.154. The highest BCUT2D eigenvalue weighted by Gasteiger charge is 2.30. The first-order valence-electron chi connectivity index (χ1n) is 7.28. The summed E-state index contributed by atoms with van der Waals surface area (Å²) in [6.45, 7) is 0.607. The van der Waals surface area contributed by atoms with Crippen molar-refractivity contribution < 1.29 is 4.79 Å². The van der Waals surface area contributed by atoms with E-state index in [9.17, 15) is 4.79 Å². The van der Waals surface area contributed by atoms with Gasteiger partial charge in [0.25, 0.3) is 0 Å². The molecule has 2 unspecified atom stereocenters. The standard InChI is InChI=1S/C16H18N4OS/c21-15(19-9-6-13-5-1-2-8-18-13)14-11-22-16(20-14)12-4-3-7-17-10-12/h1-5,7-8,10,14,16,20H,6,9,11H2,(H,19,21). The molecule has 6 heteroatoms. The first-order chi connectivity index (χ1) is 10.8. The predicted molar refractivity (Wildman–Crippen MR) is 87.3 cm³/mol. The highest BCUT2D eigenvalue weighted by Crippen LogP contribution is 2.32. The van der Waals surface area contributed by atoms with Gasteiger partial charge in [-0.3, -0.25) is 20.1 Å². The van der Waals surface area contributed by atoms with Crippen LogP contribution in [0.15, 0.2) is 48.9 Å². The number of hydrogen-bond donors (Lipinski definition) is 2. The normalized spacial score (nSPS) is 20.7. The summed E-state index contributed by atoms with van der Waals surface area (Å²) >= 11 is 1.74. The highest BCUT2D eigenvalue weighted by atomic mass is 32.2. The smallest absolute Gasteiger partial charge is 0.238 e. The number of nitrogens with zero attached hydrogens (tertiary/aromatic N) is 2. The van der Waals surface area contributed by atoms with E-state index in [0.717, 1.165) is 23.4 Å². The van der Waals surface area contributed by atoms with Gasteiger partial charge in [0.2, 0.25) is 5.91 Å². The van der Waals surface area contributed by atoms with Crippen molar-refractivity contribution in [3.63, 3.8) is 0 Å². The summed E-state index contributed by atoms with van der Waals surface area (Å²) in [6.07, 6.45) is 6.11. The van der Waals surface area contributed by atoms with E-state index < -0.39 is 0 Å². The van der Waals surface area contributed by atoms with Gasteiger partial charge in [-0.2, -0.15) is 0 Å². The van der Waals surface area contributed by atoms with Gasteiger partial charge in [-0.15, -0.1) is 11.8 Å². The molecule has 2 aromatic rings. The third-order valence-electron chi connectivity index (χ3n) is 3.49. The summed E-state index contributed by atoms with van der Waals surface area (Å²) in [7, 11) is 0. The van der Waals surface area contributed by atoms with Gasteiger partial charge in [0, 0.05) is 43.0 Å². The van der Waals surface area contributed by atoms with Crippen LogP contribution in [-0.2, 0) is 11.2 Å². The van der Waals surface area contributed by atoms with Gasteiger partial charge < -0.3 is 5.32 Å². The molecule has 2 atom stereocenters. The quantitative estimate of drug-likeness (QED) is 0.876. The van der Waals surface area contributed by atoms with Crippen molar-refractivity contribution in [3.8, 4) is 0 Å². The Morgan fingerprint density at radius 2 is 2.27 bits per heavy atom. The molecule has 0 aliphatic carbocycles. The molecule has 1 amide bonds. The first-order valence-corrected chi connectivity index (χ1v) is 8.33. The molecule has 5 nitrogen and oxygen atoms in total. The molecule has 0 spiro atoms. The van der Waals surface area contributed by atoms with Crippen LogP contribution in [-0.4, -0.2) is 34.2 Å². The second kappa shape index (κ2) is 7.38. The Kier molecular flexibility index (Phi) is 5.03. The van der Waals surface area contributed by atoms with Crippen molar-refractivity contribution in [2.75, 3.05) is 12.3 Å². The number of carbonyl (C=O) groups is 1. The molecule has 2 N–H and O–H groups in total. The molecule has 114 valence electrons. The molecule has 1 aliphatic rings. The lowest BCUT2D eigenvalue weighted by atomic mass is 10.2. The molecule has 1 saturated heterocycles. The summed E-state index contributed by atoms with van der Waals surface area (Å²) in [4.78, 5) is 20.6. The zero-order valence-electron chi connectivity index (χ0n) is 12.1. The van der Waals surface area contributed by atoms with Crippen LogP contribution in [0, 0.1) is 0 Å². The SMILES string of the molecule is O=C(NCCc1ccccn1)C1CSC(c2cccnc2)N1. The van der Waals surface area contributed by atoms with Crippen LogP contribution >= 0.6 is 11.8 Å². The third kappa shape index (κ3) is 3.84. The molecule has 1 fully saturated rings. The molecule has 0 saturated carbocycles. The number of nitrogens with one attached hydrogen (secondary N) is 2. The van der Waals surface area contributed by atoms with Gasteiger partial charge in [-0.1, -0.05) is 12.1 Å². The van der Waals surface area contributed by atoms with Gasteiger partial charge in [0.05, 0.1) is 11.4 Å². The van der Waals surface area contributed by atoms with Crippen molar-refractivity contribution in [1.29, 1.82) is 0 Å². The van der Waals surface area contributed by atoms with Gasteiger partial charge in [-0.05, 0) is 23.8 Å². The minimum absolute atomic E-state index is 0.0508. The molecular weight excluding hydrogens is 296 g/mol. The fourth-order valence-corrected chi connectivity index (χ4v) is 3.55. The summed E-state index contributed by atoms with van der Waals surface area (Å²) in [6, 6.07) is 9.60. The maximum absolute atomic E-state index is 12.2. The van der Waals surface area contributed by atoms with Crippen molar-refractivity contribution in [2.45, 2.75) is 17.8 Å². The lowest BCUT2D eigenvalue weighted by molar-refractivity contribution is -0.122. The van der Waals surface area contributed by atoms with Crippen molar-refractivity contribution in [3.05, 3.63) is 60.2 Å². The van der Waals surface area contributed by atoms with Crippen molar-refractivity contribution in [2.24, 2.45) is 0 Å². The minimum Gasteiger partial charge on any atom is -0.354 e. The van der Waals surface area contributed by atoms with Gasteiger partial charge in [0.1, 0.15) is 0 Å². The van der Waals surface area contributed by atoms with Crippen LogP contribution in [0.1, 0.15) is 16.6 Å². The number of carbonyl (C=O) groups excluding carboxylic acids is 1. The second-order valence-electron chi connectivity index (χ2n) is 5.08. The van der Waals surface area contributed by atoms with Crippen molar-refractivity contribution in [1.82, 2.24) is 20.6 Å². The largest absolute Gasteiger partial charge is 0.354 e. The maximum Gasteiger partial charge on any atom is 0.238 e. The number of hydrogen-bond acceptors (Lipinski definition) is 5. The van der Waals surface area contributed by atoms with E-state index in [-0.39, 0.29) is 17.3 Å². The highest BCUT2D eigenvalue weighted by molar-refractivity contribution is 7.99. The molecule has 3 rings (SSSR count). The van der Waals surface area contributed by atoms with Crippen LogP contribution in [0.3, 0.4) is 0 Å². The monoisotopic (exact) mass is 314 g/mol. The Balaban J connectivity index is 1.46. The molecular formula is C16H18N4OS. The van der Waals surface area contributed by atoms with E-state index in [1.54, 1.807) is 24.2 Å². The molecule has 0 aromatic carbocycles. The van der Waals surface area contributed by atoms with Gasteiger partial charge in [0.15, 0.2) is 0 Å². The molecule has 3 heterocycles. The molecule has 0 radical (unpaired) electrons. The first kappa shape index (κ1) is 15.0. The lowest BCUT2D eigenvalue weighted by Gasteiger charge is -2.13. The van der Waals surface area contributed by atoms with Crippen LogP contribution in [0.5, 0.6) is 0 Å². The summed E-state index contributed by atoms with van der Waals surface area (Å²) in [5.41, 5.74) is 2.10. The lowest BCUT2D eigenvalue weighted by Crippen LogP contribution is -2.43. The average molecular weight is 314 g/mol. The zero-order chi connectivity index (χ0) is 15.2. The van der Waals surface area contributed by atoms with E-state index in [0.29, 0.717) is 6.54 Å². The molecule has 2 aromatic heterocycles. The van der Waals surface area contributed by atoms with Gasteiger partial charge >= 0.3 is 0 Å². The van der Waals surface area contributed by atoms with E-state index in [2.05, 4.69) is 20.6 Å². The fraction of sp³-hybridized carbons (Fsp3) is 0.312. The predicted octanol–water partition coefficient (Wildman–Crippen LogP) is 1.54. The maximum atomic E-state index is 12.2. The third-order valence-corrected chi connectivity index (χ3v) is 4.76. The Hall–Kier alpha value is -1.92. The van der Waals surface area contributed by atoms with Crippen LogP contribution < -0.4 is 10.6 Å². The molecule has 1 aliphatic heterocycles. The summed E-state index contributed by atoms with van der Waals surface area (Å²) < 4.78 is 0. The van der Waals surface area contributed by atoms with Crippen LogP contribution in [0.2, 0.25) is 0 Å². The molecule has 22 heavy (non-hydrogen) atoms. The fourth-order valence-electron chi connectivity index (χ4n) is 2.33. The Morgan fingerprint density at radius 1 is 1.32 bits per heavy atom. The van der Waals surface area contributed by atoms with E-state index in [4.69, 9.17) is 0 Å². The van der Waals surface area contributed by atoms with Crippen LogP contribution in [0.25, 0.3) is 0 Å². The number of amides is 1. The van der Waals surface area contributed by atoms with Crippen molar-refractivity contribution >= 4 is 17.7 Å². The zero-order valence-corrected chi connectivity index (χ0v) is 12.9. The van der Waals surface area contributed by atoms with E-state index >= 15 is 0 Å². The molecule has 0 bridgehead atoms. The number of thioether (sulfide) groups is 1. The van der Waals surface area contributed by atoms with Crippen LogP contribution in [0.4, 0.5) is 0 Å². The number of rotatable bonds is 5. The second-order valence-corrected chi connectivity index (χ2v) is 6.22. The number of aromatic nitrogens is 2. The topological polar surface area (TPSA) is 66.9 Å². The number of pyridine rings is 2. The summed E-state index contributed by atoms with van der Waals surface area (Å²) in [5, 5.41) is 6.46. The Labute approximate surface area is 133 Å². The Bertz CT molecular complexity index is 608. The van der Waals surface area contributed by atoms with E-state index in [1.165, 1.54) is 0 Å². The Morgan fingerprint density at radius 3 is 3.05 bits per heavy atom. The summed E-state index contributed by atoms with van der Waals surface area (Å²) in [5.74, 6) is 0.824. The van der Waals surface area contributed by atoms with E-state index in [1.807, 2.05) is 36.5 Å². The average Bonchev–Trinajstić information content (AvgIpc) is 3.07.